The van der Waals surface area contributed by atoms with Crippen LogP contribution in [-0.4, -0.2) is 19.6 Å². The largest absolute Gasteiger partial charge is 0.366 e. The van der Waals surface area contributed by atoms with Crippen molar-refractivity contribution in [2.75, 3.05) is 5.32 Å². The highest BCUT2D eigenvalue weighted by molar-refractivity contribution is 6.17. The number of anilines is 1. The molecule has 3 aromatic rings. The van der Waals surface area contributed by atoms with Crippen LogP contribution in [0.25, 0.3) is 5.65 Å². The molecule has 3 rings (SSSR count). The highest BCUT2D eigenvalue weighted by atomic mass is 35.5. The summed E-state index contributed by atoms with van der Waals surface area (Å²) in [7, 11) is 0. The monoisotopic (exact) mass is 289 g/mol. The lowest BCUT2D eigenvalue weighted by Gasteiger charge is -2.06. The second-order valence-electron chi connectivity index (χ2n) is 4.33. The van der Waals surface area contributed by atoms with Crippen LogP contribution in [0.2, 0.25) is 0 Å². The third kappa shape index (κ3) is 2.50. The van der Waals surface area contributed by atoms with Crippen molar-refractivity contribution in [1.82, 2.24) is 19.6 Å². The number of aromatic amines is 1. The lowest BCUT2D eigenvalue weighted by atomic mass is 10.1. The predicted octanol–water partition coefficient (Wildman–Crippen LogP) is 1.77. The Morgan fingerprint density at radius 2 is 2.00 bits per heavy atom. The molecule has 2 heterocycles. The highest BCUT2D eigenvalue weighted by Gasteiger charge is 2.02. The number of fused-ring (bicyclic) bond motifs is 1. The summed E-state index contributed by atoms with van der Waals surface area (Å²) in [6.45, 7) is 0.639. The molecule has 0 bridgehead atoms. The van der Waals surface area contributed by atoms with E-state index in [0.717, 1.165) is 11.1 Å². The molecule has 0 saturated heterocycles. The Bertz CT molecular complexity index is 777. The molecule has 2 N–H and O–H groups in total. The summed E-state index contributed by atoms with van der Waals surface area (Å²) in [5, 5.41) is 9.44. The minimum atomic E-state index is -0.296. The van der Waals surface area contributed by atoms with Crippen molar-refractivity contribution in [2.45, 2.75) is 12.4 Å². The third-order valence-corrected chi connectivity index (χ3v) is 3.27. The van der Waals surface area contributed by atoms with Gasteiger partial charge in [0, 0.05) is 18.5 Å². The molecule has 20 heavy (non-hydrogen) atoms. The van der Waals surface area contributed by atoms with Crippen LogP contribution in [0.15, 0.2) is 41.5 Å². The molecule has 0 radical (unpaired) electrons. The molecule has 0 saturated carbocycles. The number of benzene rings is 1. The Labute approximate surface area is 119 Å². The predicted molar refractivity (Wildman–Crippen MR) is 76.9 cm³/mol. The molecule has 1 aromatic carbocycles. The molecule has 0 spiro atoms. The molecule has 0 aliphatic rings. The van der Waals surface area contributed by atoms with Gasteiger partial charge in [-0.3, -0.25) is 0 Å². The van der Waals surface area contributed by atoms with Gasteiger partial charge in [0.2, 0.25) is 0 Å². The summed E-state index contributed by atoms with van der Waals surface area (Å²) < 4.78 is 1.35. The first-order valence-corrected chi connectivity index (χ1v) is 6.60. The number of hydrogen-bond donors (Lipinski definition) is 2. The minimum Gasteiger partial charge on any atom is -0.366 e. The van der Waals surface area contributed by atoms with E-state index in [9.17, 15) is 4.79 Å². The second-order valence-corrected chi connectivity index (χ2v) is 4.60. The van der Waals surface area contributed by atoms with Crippen LogP contribution in [-0.2, 0) is 12.4 Å². The summed E-state index contributed by atoms with van der Waals surface area (Å²) in [5.41, 5.74) is 2.45. The smallest absolute Gasteiger partial charge is 0.348 e. The van der Waals surface area contributed by atoms with Gasteiger partial charge in [0.25, 0.3) is 0 Å². The Morgan fingerprint density at radius 1 is 1.25 bits per heavy atom. The van der Waals surface area contributed by atoms with Crippen molar-refractivity contribution in [3.63, 3.8) is 0 Å². The Balaban J connectivity index is 1.74. The lowest BCUT2D eigenvalue weighted by Crippen LogP contribution is -2.10. The van der Waals surface area contributed by atoms with Crippen molar-refractivity contribution in [3.05, 3.63) is 58.3 Å². The zero-order valence-electron chi connectivity index (χ0n) is 10.5. The van der Waals surface area contributed by atoms with E-state index in [4.69, 9.17) is 11.6 Å². The molecule has 0 aliphatic carbocycles. The number of alkyl halides is 1. The first-order chi connectivity index (χ1) is 9.76. The fourth-order valence-electron chi connectivity index (χ4n) is 1.85. The maximum Gasteiger partial charge on any atom is 0.348 e. The minimum absolute atomic E-state index is 0.296. The van der Waals surface area contributed by atoms with Gasteiger partial charge in [-0.05, 0) is 11.1 Å². The first-order valence-electron chi connectivity index (χ1n) is 6.07. The molecule has 0 aliphatic heterocycles. The Hall–Kier alpha value is -2.34. The number of aromatic nitrogens is 4. The number of hydrogen-bond acceptors (Lipinski definition) is 4. The zero-order chi connectivity index (χ0) is 13.9. The van der Waals surface area contributed by atoms with Gasteiger partial charge in [-0.2, -0.15) is 5.10 Å². The van der Waals surface area contributed by atoms with E-state index >= 15 is 0 Å². The molecule has 2 aromatic heterocycles. The summed E-state index contributed by atoms with van der Waals surface area (Å²) in [4.78, 5) is 15.5. The standard InChI is InChI=1S/C13H12ClN5O/c14-6-9-1-3-10(4-2-9)7-15-11-5-12-17-18-13(20)19(12)8-16-11/h1-5,8,15H,6-7H2,(H,18,20). The van der Waals surface area contributed by atoms with Gasteiger partial charge >= 0.3 is 5.69 Å². The summed E-state index contributed by atoms with van der Waals surface area (Å²) in [6.07, 6.45) is 1.44. The molecule has 0 amide bonds. The fourth-order valence-corrected chi connectivity index (χ4v) is 2.02. The fraction of sp³-hybridized carbons (Fsp3) is 0.154. The van der Waals surface area contributed by atoms with Gasteiger partial charge in [0.15, 0.2) is 5.65 Å². The number of rotatable bonds is 4. The van der Waals surface area contributed by atoms with Crippen LogP contribution < -0.4 is 11.0 Å². The van der Waals surface area contributed by atoms with Crippen molar-refractivity contribution >= 4 is 23.1 Å². The Morgan fingerprint density at radius 3 is 2.75 bits per heavy atom. The molecule has 0 fully saturated rings. The summed E-state index contributed by atoms with van der Waals surface area (Å²) in [6, 6.07) is 9.73. The topological polar surface area (TPSA) is 75.1 Å². The second kappa shape index (κ2) is 5.34. The lowest BCUT2D eigenvalue weighted by molar-refractivity contribution is 0.990. The van der Waals surface area contributed by atoms with Gasteiger partial charge in [-0.15, -0.1) is 11.6 Å². The van der Waals surface area contributed by atoms with Gasteiger partial charge in [0.1, 0.15) is 12.1 Å². The van der Waals surface area contributed by atoms with E-state index in [-0.39, 0.29) is 5.69 Å². The van der Waals surface area contributed by atoms with Crippen molar-refractivity contribution in [2.24, 2.45) is 0 Å². The maximum atomic E-state index is 11.3. The molecule has 7 heteroatoms. The maximum absolute atomic E-state index is 11.3. The van der Waals surface area contributed by atoms with Crippen LogP contribution in [0.4, 0.5) is 5.82 Å². The van der Waals surface area contributed by atoms with Crippen LogP contribution in [0.3, 0.4) is 0 Å². The Kier molecular flexibility index (Phi) is 3.39. The number of nitrogens with zero attached hydrogens (tertiary/aromatic N) is 3. The SMILES string of the molecule is O=c1[nH]nc2cc(NCc3ccc(CCl)cc3)ncn12. The summed E-state index contributed by atoms with van der Waals surface area (Å²) in [5.74, 6) is 1.18. The van der Waals surface area contributed by atoms with Crippen LogP contribution in [0.5, 0.6) is 0 Å². The quantitative estimate of drug-likeness (QED) is 0.718. The van der Waals surface area contributed by atoms with E-state index in [1.807, 2.05) is 24.3 Å². The summed E-state index contributed by atoms with van der Waals surface area (Å²) >= 11 is 5.75. The van der Waals surface area contributed by atoms with Crippen molar-refractivity contribution in [1.29, 1.82) is 0 Å². The van der Waals surface area contributed by atoms with Gasteiger partial charge in [-0.25, -0.2) is 19.3 Å². The number of halogens is 1. The number of H-pyrrole nitrogens is 1. The van der Waals surface area contributed by atoms with Gasteiger partial charge < -0.3 is 5.32 Å². The molecule has 0 unspecified atom stereocenters. The third-order valence-electron chi connectivity index (χ3n) is 2.96. The van der Waals surface area contributed by atoms with Crippen LogP contribution >= 0.6 is 11.6 Å². The van der Waals surface area contributed by atoms with E-state index in [1.165, 1.54) is 10.7 Å². The molecular weight excluding hydrogens is 278 g/mol. The average Bonchev–Trinajstić information content (AvgIpc) is 2.87. The molecule has 0 atom stereocenters. The normalized spacial score (nSPS) is 10.8. The van der Waals surface area contributed by atoms with E-state index in [0.29, 0.717) is 23.9 Å². The average molecular weight is 290 g/mol. The van der Waals surface area contributed by atoms with Crippen molar-refractivity contribution in [3.8, 4) is 0 Å². The van der Waals surface area contributed by atoms with Crippen LogP contribution in [0.1, 0.15) is 11.1 Å². The number of nitrogens with one attached hydrogen (secondary N) is 2. The van der Waals surface area contributed by atoms with E-state index in [1.54, 1.807) is 6.07 Å². The van der Waals surface area contributed by atoms with Gasteiger partial charge in [0.05, 0.1) is 0 Å². The zero-order valence-corrected chi connectivity index (χ0v) is 11.3. The molecule has 102 valence electrons. The molecular formula is C13H12ClN5O. The van der Waals surface area contributed by atoms with E-state index in [2.05, 4.69) is 20.5 Å². The van der Waals surface area contributed by atoms with Gasteiger partial charge in [-0.1, -0.05) is 24.3 Å². The van der Waals surface area contributed by atoms with Crippen LogP contribution in [0, 0.1) is 0 Å². The first kappa shape index (κ1) is 12.7. The van der Waals surface area contributed by atoms with E-state index < -0.39 is 0 Å². The highest BCUT2D eigenvalue weighted by Crippen LogP contribution is 2.10. The van der Waals surface area contributed by atoms with Crippen molar-refractivity contribution < 1.29 is 0 Å². The molecule has 6 nitrogen and oxygen atoms in total.